The van der Waals surface area contributed by atoms with Gasteiger partial charge in [0.2, 0.25) is 5.91 Å². The zero-order valence-electron chi connectivity index (χ0n) is 23.3. The van der Waals surface area contributed by atoms with Crippen molar-refractivity contribution in [2.75, 3.05) is 19.7 Å². The molecule has 0 radical (unpaired) electrons. The maximum atomic E-state index is 13.7. The molecule has 3 aliphatic carbocycles. The van der Waals surface area contributed by atoms with E-state index in [1.807, 2.05) is 36.4 Å². The van der Waals surface area contributed by atoms with E-state index >= 15 is 0 Å². The first-order chi connectivity index (χ1) is 19.3. The lowest BCUT2D eigenvalue weighted by molar-refractivity contribution is -0.148. The van der Waals surface area contributed by atoms with E-state index in [1.54, 1.807) is 6.08 Å². The van der Waals surface area contributed by atoms with E-state index in [4.69, 9.17) is 21.1 Å². The lowest BCUT2D eigenvalue weighted by Crippen LogP contribution is -2.81. The van der Waals surface area contributed by atoms with Gasteiger partial charge >= 0.3 is 0 Å². The summed E-state index contributed by atoms with van der Waals surface area (Å²) in [7, 11) is 0. The predicted octanol–water partition coefficient (Wildman–Crippen LogP) is 5.35. The molecule has 3 fully saturated rings. The topological polar surface area (TPSA) is 67.9 Å². The summed E-state index contributed by atoms with van der Waals surface area (Å²) in [6.45, 7) is 6.78. The average Bonchev–Trinajstić information content (AvgIpc) is 3.68. The van der Waals surface area contributed by atoms with Gasteiger partial charge in [0.25, 0.3) is 0 Å². The molecule has 0 unspecified atom stereocenters. The van der Waals surface area contributed by atoms with Crippen LogP contribution >= 0.6 is 11.6 Å². The van der Waals surface area contributed by atoms with Gasteiger partial charge in [0.05, 0.1) is 17.6 Å². The minimum absolute atomic E-state index is 0.106. The number of ether oxygens (including phenoxy) is 2. The third-order valence-corrected chi connectivity index (χ3v) is 10.1. The van der Waals surface area contributed by atoms with Crippen LogP contribution in [0.5, 0.6) is 11.5 Å². The first kappa shape index (κ1) is 26.1. The molecular formula is C33H37ClN2O4. The number of piperidine rings is 1. The molecule has 0 aromatic heterocycles. The second kappa shape index (κ2) is 9.63. The fraction of sp³-hybridized carbons (Fsp3) is 0.515. The van der Waals surface area contributed by atoms with Crippen molar-refractivity contribution in [3.63, 3.8) is 0 Å². The van der Waals surface area contributed by atoms with Crippen molar-refractivity contribution in [3.8, 4) is 11.5 Å². The number of carbonyl (C=O) groups excluding carboxylic acids is 2. The van der Waals surface area contributed by atoms with Crippen LogP contribution in [0.15, 0.2) is 42.5 Å². The van der Waals surface area contributed by atoms with Gasteiger partial charge in [-0.25, -0.2) is 0 Å². The smallest absolute Gasteiger partial charge is 0.244 e. The number of benzene rings is 2. The number of nitrogens with zero attached hydrogens (tertiary/aromatic N) is 1. The van der Waals surface area contributed by atoms with Crippen molar-refractivity contribution in [1.82, 2.24) is 10.2 Å². The lowest BCUT2D eigenvalue weighted by Gasteiger charge is -2.65. The number of hydrogen-bond donors (Lipinski definition) is 1. The summed E-state index contributed by atoms with van der Waals surface area (Å²) in [6.07, 6.45) is 8.02. The highest BCUT2D eigenvalue weighted by Crippen LogP contribution is 2.65. The van der Waals surface area contributed by atoms with Crippen molar-refractivity contribution < 1.29 is 19.1 Å². The molecule has 2 heterocycles. The maximum absolute atomic E-state index is 13.7. The second-order valence-corrected chi connectivity index (χ2v) is 13.3. The van der Waals surface area contributed by atoms with Crippen molar-refractivity contribution >= 4 is 29.4 Å². The fourth-order valence-corrected chi connectivity index (χ4v) is 8.06. The monoisotopic (exact) mass is 560 g/mol. The maximum Gasteiger partial charge on any atom is 0.244 e. The van der Waals surface area contributed by atoms with Crippen LogP contribution in [-0.2, 0) is 21.4 Å². The molecule has 6 nitrogen and oxygen atoms in total. The van der Waals surface area contributed by atoms with E-state index in [-0.39, 0.29) is 17.7 Å². The Kier molecular flexibility index (Phi) is 6.28. The lowest BCUT2D eigenvalue weighted by atomic mass is 9.47. The predicted molar refractivity (Wildman–Crippen MR) is 155 cm³/mol. The van der Waals surface area contributed by atoms with Crippen LogP contribution in [0.25, 0.3) is 6.08 Å². The number of nitrogens with one attached hydrogen (secondary N) is 1. The second-order valence-electron chi connectivity index (χ2n) is 12.8. The Bertz CT molecular complexity index is 1380. The molecule has 40 heavy (non-hydrogen) atoms. The molecule has 1 N–H and O–H groups in total. The van der Waals surface area contributed by atoms with E-state index in [0.717, 1.165) is 48.7 Å². The number of carbonyl (C=O) groups is 2. The summed E-state index contributed by atoms with van der Waals surface area (Å²) in [4.78, 5) is 30.0. The molecule has 4 atom stereocenters. The van der Waals surface area contributed by atoms with E-state index in [9.17, 15) is 9.59 Å². The number of rotatable bonds is 8. The van der Waals surface area contributed by atoms with Gasteiger partial charge < -0.3 is 14.8 Å². The van der Waals surface area contributed by atoms with E-state index in [2.05, 4.69) is 30.1 Å². The largest absolute Gasteiger partial charge is 0.489 e. The fourth-order valence-electron chi connectivity index (χ4n) is 7.93. The van der Waals surface area contributed by atoms with Crippen molar-refractivity contribution in [1.29, 1.82) is 0 Å². The summed E-state index contributed by atoms with van der Waals surface area (Å²) >= 11 is 6.05. The highest BCUT2D eigenvalue weighted by molar-refractivity contribution is 6.30. The van der Waals surface area contributed by atoms with Crippen LogP contribution in [0.3, 0.4) is 0 Å². The highest BCUT2D eigenvalue weighted by atomic mass is 35.5. The standard InChI is InChI=1S/C33H37ClN2O4/c1-20(2)19-39-26-11-8-23-17-27-33(35-28(38)12-7-21-5-9-24(34)10-6-21)14-13-25(37)31-32(33,29(23)30(26)40-31)15-16-36(27)18-22-3-4-22/h5-12,20,22,27,31H,3-4,13-19H2,1-2H3,(H,35,38)/b12-7+/t27-,31+,32+,33-/m1/s1. The summed E-state index contributed by atoms with van der Waals surface area (Å²) in [5, 5.41) is 4.22. The van der Waals surface area contributed by atoms with Gasteiger partial charge in [-0.1, -0.05) is 43.6 Å². The van der Waals surface area contributed by atoms with Crippen molar-refractivity contribution in [2.24, 2.45) is 11.8 Å². The quantitative estimate of drug-likeness (QED) is 0.441. The van der Waals surface area contributed by atoms with Gasteiger partial charge in [-0.05, 0) is 85.9 Å². The highest BCUT2D eigenvalue weighted by Gasteiger charge is 2.74. The molecular weight excluding hydrogens is 524 g/mol. The first-order valence-electron chi connectivity index (χ1n) is 14.8. The van der Waals surface area contributed by atoms with Crippen LogP contribution < -0.4 is 14.8 Å². The van der Waals surface area contributed by atoms with Crippen molar-refractivity contribution in [2.45, 2.75) is 75.5 Å². The minimum Gasteiger partial charge on any atom is -0.489 e. The molecule has 1 saturated heterocycles. The van der Waals surface area contributed by atoms with E-state index < -0.39 is 17.1 Å². The molecule has 7 rings (SSSR count). The van der Waals surface area contributed by atoms with E-state index in [1.165, 1.54) is 18.4 Å². The zero-order valence-corrected chi connectivity index (χ0v) is 24.0. The molecule has 7 heteroatoms. The minimum atomic E-state index is -0.606. The number of Topliss-reactive ketones (excluding diaryl/α,β-unsaturated/α-hetero) is 1. The normalized spacial score (nSPS) is 30.4. The molecule has 5 aliphatic rings. The Morgan fingerprint density at radius 2 is 2.00 bits per heavy atom. The summed E-state index contributed by atoms with van der Waals surface area (Å²) in [5.41, 5.74) is 2.05. The van der Waals surface area contributed by atoms with Gasteiger partial charge in [0, 0.05) is 35.7 Å². The molecule has 210 valence electrons. The summed E-state index contributed by atoms with van der Waals surface area (Å²) < 4.78 is 12.9. The molecule has 2 saturated carbocycles. The van der Waals surface area contributed by atoms with Gasteiger partial charge in [0.1, 0.15) is 0 Å². The van der Waals surface area contributed by atoms with Crippen molar-refractivity contribution in [3.05, 3.63) is 64.2 Å². The Labute approximate surface area is 241 Å². The third-order valence-electron chi connectivity index (χ3n) is 9.81. The van der Waals surface area contributed by atoms with Gasteiger partial charge in [-0.15, -0.1) is 0 Å². The number of hydrogen-bond acceptors (Lipinski definition) is 5. The number of likely N-dealkylation sites (tertiary alicyclic amines) is 1. The Balaban J connectivity index is 1.32. The first-order valence-corrected chi connectivity index (χ1v) is 15.2. The van der Waals surface area contributed by atoms with Crippen LogP contribution in [-0.4, -0.2) is 54.0 Å². The average molecular weight is 561 g/mol. The van der Waals surface area contributed by atoms with Gasteiger partial charge in [0.15, 0.2) is 23.4 Å². The Hall–Kier alpha value is -2.83. The Morgan fingerprint density at radius 1 is 1.20 bits per heavy atom. The number of halogens is 1. The number of amides is 1. The molecule has 2 aliphatic heterocycles. The molecule has 1 spiro atoms. The molecule has 2 bridgehead atoms. The van der Waals surface area contributed by atoms with Crippen LogP contribution in [0.4, 0.5) is 0 Å². The SMILES string of the molecule is CC(C)COc1ccc2c3c1O[C@H]1C(=O)CC[C@@]4(NC(=O)/C=C/c5ccc(Cl)cc5)[C@@H](C2)N(CC2CC2)CC[C@]314. The zero-order chi connectivity index (χ0) is 27.6. The molecule has 1 amide bonds. The Morgan fingerprint density at radius 3 is 2.75 bits per heavy atom. The summed E-state index contributed by atoms with van der Waals surface area (Å²) in [6, 6.07) is 11.8. The summed E-state index contributed by atoms with van der Waals surface area (Å²) in [5.74, 6) is 2.54. The van der Waals surface area contributed by atoms with Gasteiger partial charge in [-0.2, -0.15) is 0 Å². The van der Waals surface area contributed by atoms with Crippen LogP contribution in [0.2, 0.25) is 5.02 Å². The van der Waals surface area contributed by atoms with E-state index in [0.29, 0.717) is 36.1 Å². The molecule has 2 aromatic rings. The van der Waals surface area contributed by atoms with Crippen LogP contribution in [0, 0.1) is 11.8 Å². The molecule has 2 aromatic carbocycles. The third kappa shape index (κ3) is 4.01. The van der Waals surface area contributed by atoms with Crippen LogP contribution in [0.1, 0.15) is 62.6 Å². The van der Waals surface area contributed by atoms with Gasteiger partial charge in [-0.3, -0.25) is 14.5 Å². The number of ketones is 1.